The molecule has 0 bridgehead atoms. The van der Waals surface area contributed by atoms with Gasteiger partial charge in [0.25, 0.3) is 0 Å². The molecular weight excluding hydrogens is 401 g/mol. The van der Waals surface area contributed by atoms with E-state index in [2.05, 4.69) is 20.7 Å². The maximum Gasteiger partial charge on any atom is 0.248 e. The smallest absolute Gasteiger partial charge is 0.248 e. The molecule has 0 aliphatic rings. The first kappa shape index (κ1) is 17.9. The summed E-state index contributed by atoms with van der Waals surface area (Å²) in [5.74, 6) is 0.379. The van der Waals surface area contributed by atoms with Crippen LogP contribution < -0.4 is 10.6 Å². The Morgan fingerprint density at radius 2 is 1.80 bits per heavy atom. The molecule has 0 spiro atoms. The number of hydrogen-bond donors (Lipinski definition) is 2. The molecule has 0 saturated heterocycles. The molecule has 0 aliphatic heterocycles. The number of benzene rings is 2. The molecule has 5 nitrogen and oxygen atoms in total. The van der Waals surface area contributed by atoms with Crippen LogP contribution in [0.4, 0.5) is 11.6 Å². The maximum absolute atomic E-state index is 6.12. The first-order chi connectivity index (χ1) is 12.0. The van der Waals surface area contributed by atoms with Crippen molar-refractivity contribution in [2.75, 3.05) is 10.6 Å². The molecule has 0 radical (unpaired) electrons. The Balaban J connectivity index is 1.61. The first-order valence-corrected chi connectivity index (χ1v) is 8.71. The van der Waals surface area contributed by atoms with E-state index in [-0.39, 0.29) is 0 Å². The zero-order chi connectivity index (χ0) is 17.8. The summed E-state index contributed by atoms with van der Waals surface area (Å²) in [6.07, 6.45) is 1.62. The van der Waals surface area contributed by atoms with Crippen LogP contribution in [0.2, 0.25) is 15.1 Å². The van der Waals surface area contributed by atoms with Crippen molar-refractivity contribution in [3.8, 4) is 0 Å². The number of hydrogen-bond acceptors (Lipinski definition) is 3. The summed E-state index contributed by atoms with van der Waals surface area (Å²) in [6, 6.07) is 12.8. The number of aromatic nitrogens is 3. The van der Waals surface area contributed by atoms with Gasteiger partial charge in [-0.2, -0.15) is 0 Å². The van der Waals surface area contributed by atoms with Crippen molar-refractivity contribution >= 4 is 63.8 Å². The Morgan fingerprint density at radius 3 is 2.56 bits per heavy atom. The third-order valence-corrected chi connectivity index (χ3v) is 4.49. The van der Waals surface area contributed by atoms with Crippen molar-refractivity contribution in [2.24, 2.45) is 0 Å². The van der Waals surface area contributed by atoms with Gasteiger partial charge in [-0.3, -0.25) is 5.32 Å². The van der Waals surface area contributed by atoms with E-state index in [1.165, 1.54) is 0 Å². The molecule has 2 N–H and O–H groups in total. The molecule has 2 aromatic carbocycles. The highest BCUT2D eigenvalue weighted by atomic mass is 35.5. The van der Waals surface area contributed by atoms with Crippen molar-refractivity contribution in [1.29, 1.82) is 0 Å². The number of anilines is 2. The number of nitrogens with one attached hydrogen (secondary N) is 2. The maximum atomic E-state index is 6.12. The van der Waals surface area contributed by atoms with Crippen LogP contribution in [0.15, 0.2) is 48.8 Å². The second-order valence-corrected chi connectivity index (χ2v) is 6.70. The number of rotatable bonds is 4. The van der Waals surface area contributed by atoms with Crippen LogP contribution in [0.5, 0.6) is 0 Å². The molecule has 0 amide bonds. The van der Waals surface area contributed by atoms with Gasteiger partial charge in [0.15, 0.2) is 5.11 Å². The summed E-state index contributed by atoms with van der Waals surface area (Å²) < 4.78 is 1.69. The number of nitrogens with zero attached hydrogens (tertiary/aromatic N) is 3. The summed E-state index contributed by atoms with van der Waals surface area (Å²) in [6.45, 7) is 0.576. The molecule has 128 valence electrons. The average Bonchev–Trinajstić information content (AvgIpc) is 3.01. The number of thiocarbonyl (C=S) groups is 1. The molecule has 0 aliphatic carbocycles. The third-order valence-electron chi connectivity index (χ3n) is 3.22. The zero-order valence-corrected chi connectivity index (χ0v) is 15.8. The summed E-state index contributed by atoms with van der Waals surface area (Å²) in [5, 5.41) is 12.0. The van der Waals surface area contributed by atoms with Gasteiger partial charge in [0, 0.05) is 5.02 Å². The van der Waals surface area contributed by atoms with E-state index in [0.29, 0.717) is 38.4 Å². The summed E-state index contributed by atoms with van der Waals surface area (Å²) >= 11 is 23.2. The fraction of sp³-hybridized carbons (Fsp3) is 0.0625. The van der Waals surface area contributed by atoms with Crippen LogP contribution in [-0.2, 0) is 6.54 Å². The van der Waals surface area contributed by atoms with Crippen molar-refractivity contribution < 1.29 is 0 Å². The van der Waals surface area contributed by atoms with Crippen LogP contribution in [0.25, 0.3) is 0 Å². The van der Waals surface area contributed by atoms with Gasteiger partial charge in [0.1, 0.15) is 6.33 Å². The lowest BCUT2D eigenvalue weighted by atomic mass is 10.2. The van der Waals surface area contributed by atoms with Crippen molar-refractivity contribution in [3.05, 3.63) is 69.4 Å². The zero-order valence-electron chi connectivity index (χ0n) is 12.7. The van der Waals surface area contributed by atoms with E-state index in [1.54, 1.807) is 29.2 Å². The van der Waals surface area contributed by atoms with Crippen molar-refractivity contribution in [2.45, 2.75) is 6.54 Å². The Labute approximate surface area is 164 Å². The monoisotopic (exact) mass is 411 g/mol. The fourth-order valence-corrected chi connectivity index (χ4v) is 2.74. The largest absolute Gasteiger partial charge is 0.331 e. The highest BCUT2D eigenvalue weighted by Crippen LogP contribution is 2.29. The Hall–Kier alpha value is -1.86. The second-order valence-electron chi connectivity index (χ2n) is 5.07. The lowest BCUT2D eigenvalue weighted by molar-refractivity contribution is 0.687. The Morgan fingerprint density at radius 1 is 1.04 bits per heavy atom. The minimum absolute atomic E-state index is 0.313. The molecule has 0 fully saturated rings. The van der Waals surface area contributed by atoms with Crippen molar-refractivity contribution in [3.63, 3.8) is 0 Å². The standard InChI is InChI=1S/C16H12Cl3N5S/c17-11-6-4-10(5-7-11)8-24-9-20-15(23-24)22-16(25)21-13-3-1-2-12(18)14(13)19/h1-7,9H,8H2,(H2,21,22,23,25). The normalized spacial score (nSPS) is 10.5. The summed E-state index contributed by atoms with van der Waals surface area (Å²) in [7, 11) is 0. The SMILES string of the molecule is S=C(Nc1ncn(Cc2ccc(Cl)cc2)n1)Nc1cccc(Cl)c1Cl. The van der Waals surface area contributed by atoms with E-state index in [4.69, 9.17) is 47.0 Å². The van der Waals surface area contributed by atoms with Gasteiger partial charge in [0.2, 0.25) is 5.95 Å². The lowest BCUT2D eigenvalue weighted by Gasteiger charge is -2.10. The predicted octanol–water partition coefficient (Wildman–Crippen LogP) is 5.10. The third kappa shape index (κ3) is 4.83. The molecule has 3 aromatic rings. The first-order valence-electron chi connectivity index (χ1n) is 7.17. The topological polar surface area (TPSA) is 54.8 Å². The fourth-order valence-electron chi connectivity index (χ4n) is 2.06. The Kier molecular flexibility index (Phi) is 5.75. The van der Waals surface area contributed by atoms with E-state index in [9.17, 15) is 0 Å². The van der Waals surface area contributed by atoms with E-state index in [0.717, 1.165) is 5.56 Å². The van der Waals surface area contributed by atoms with Gasteiger partial charge >= 0.3 is 0 Å². The summed E-state index contributed by atoms with van der Waals surface area (Å²) in [5.41, 5.74) is 1.67. The van der Waals surface area contributed by atoms with Crippen LogP contribution in [0.1, 0.15) is 5.56 Å². The molecule has 1 heterocycles. The molecule has 25 heavy (non-hydrogen) atoms. The molecule has 9 heteroatoms. The van der Waals surface area contributed by atoms with Crippen LogP contribution in [0.3, 0.4) is 0 Å². The molecule has 0 atom stereocenters. The van der Waals surface area contributed by atoms with E-state index in [1.807, 2.05) is 24.3 Å². The Bertz CT molecular complexity index is 895. The quantitative estimate of drug-likeness (QED) is 0.584. The average molecular weight is 413 g/mol. The molecule has 1 aromatic heterocycles. The minimum Gasteiger partial charge on any atom is -0.331 e. The van der Waals surface area contributed by atoms with Gasteiger partial charge in [-0.1, -0.05) is 53.0 Å². The predicted molar refractivity (Wildman–Crippen MR) is 107 cm³/mol. The highest BCUT2D eigenvalue weighted by molar-refractivity contribution is 7.80. The summed E-state index contributed by atoms with van der Waals surface area (Å²) in [4.78, 5) is 4.18. The van der Waals surface area contributed by atoms with Gasteiger partial charge in [-0.05, 0) is 42.0 Å². The van der Waals surface area contributed by atoms with Gasteiger partial charge in [-0.25, -0.2) is 9.67 Å². The minimum atomic E-state index is 0.313. The molecule has 0 unspecified atom stereocenters. The van der Waals surface area contributed by atoms with Crippen LogP contribution >= 0.6 is 47.0 Å². The van der Waals surface area contributed by atoms with Crippen LogP contribution in [0, 0.1) is 0 Å². The van der Waals surface area contributed by atoms with E-state index < -0.39 is 0 Å². The van der Waals surface area contributed by atoms with Crippen LogP contribution in [-0.4, -0.2) is 19.9 Å². The van der Waals surface area contributed by atoms with E-state index >= 15 is 0 Å². The highest BCUT2D eigenvalue weighted by Gasteiger charge is 2.08. The molecule has 0 saturated carbocycles. The van der Waals surface area contributed by atoms with Crippen molar-refractivity contribution in [1.82, 2.24) is 14.8 Å². The lowest BCUT2D eigenvalue weighted by Crippen LogP contribution is -2.20. The molecule has 3 rings (SSSR count). The second kappa shape index (κ2) is 8.01. The van der Waals surface area contributed by atoms with Gasteiger partial charge < -0.3 is 5.32 Å². The molecular formula is C16H12Cl3N5S. The number of halogens is 3. The van der Waals surface area contributed by atoms with Gasteiger partial charge in [0.05, 0.1) is 22.3 Å². The van der Waals surface area contributed by atoms with Gasteiger partial charge in [-0.15, -0.1) is 5.10 Å².